The maximum Gasteiger partial charge on any atom is 0.308 e. The molecule has 2 atom stereocenters. The Labute approximate surface area is 200 Å². The second-order valence-electron chi connectivity index (χ2n) is 9.75. The van der Waals surface area contributed by atoms with Crippen LogP contribution in [-0.2, 0) is 11.8 Å². The molecule has 180 valence electrons. The van der Waals surface area contributed by atoms with Crippen LogP contribution in [0.15, 0.2) is 42.9 Å². The number of aryl methyl sites for hydroxylation is 1. The lowest BCUT2D eigenvalue weighted by Gasteiger charge is -2.47. The van der Waals surface area contributed by atoms with E-state index in [0.717, 1.165) is 37.3 Å². The number of anilines is 1. The number of halogens is 2. The van der Waals surface area contributed by atoms with Crippen molar-refractivity contribution >= 4 is 22.7 Å². The maximum atomic E-state index is 14.3. The first-order valence-corrected chi connectivity index (χ1v) is 11.8. The second-order valence-corrected chi connectivity index (χ2v) is 9.75. The van der Waals surface area contributed by atoms with Crippen molar-refractivity contribution in [2.24, 2.45) is 24.8 Å². The highest BCUT2D eigenvalue weighted by Crippen LogP contribution is 2.46. The van der Waals surface area contributed by atoms with Crippen LogP contribution in [0.1, 0.15) is 25.7 Å². The zero-order valence-corrected chi connectivity index (χ0v) is 19.1. The number of H-pyrrole nitrogens is 1. The third-order valence-corrected chi connectivity index (χ3v) is 7.62. The van der Waals surface area contributed by atoms with Crippen LogP contribution in [0.4, 0.5) is 14.6 Å². The molecule has 0 unspecified atom stereocenters. The smallest absolute Gasteiger partial charge is 0.308 e. The third-order valence-electron chi connectivity index (χ3n) is 7.62. The van der Waals surface area contributed by atoms with Crippen molar-refractivity contribution in [1.29, 1.82) is 0 Å². The van der Waals surface area contributed by atoms with Gasteiger partial charge in [0.15, 0.2) is 5.82 Å². The Morgan fingerprint density at radius 2 is 1.91 bits per heavy atom. The SMILES string of the molecule is Cn1ccc(-c2cc(N[C@H]3C4CCC(CC4)[C@@H]3C(=O)O)nc(-c3c[nH]c4c(F)cc(F)cc34)n2)c1. The van der Waals surface area contributed by atoms with Crippen LogP contribution >= 0.6 is 0 Å². The number of carboxylic acids is 1. The molecule has 1 aromatic carbocycles. The van der Waals surface area contributed by atoms with E-state index >= 15 is 0 Å². The molecule has 7 nitrogen and oxygen atoms in total. The summed E-state index contributed by atoms with van der Waals surface area (Å²) in [5.41, 5.74) is 2.15. The highest BCUT2D eigenvalue weighted by molar-refractivity contribution is 5.94. The van der Waals surface area contributed by atoms with Gasteiger partial charge < -0.3 is 20.0 Å². The van der Waals surface area contributed by atoms with Crippen molar-refractivity contribution in [1.82, 2.24) is 19.5 Å². The summed E-state index contributed by atoms with van der Waals surface area (Å²) in [4.78, 5) is 24.4. The number of nitrogens with one attached hydrogen (secondary N) is 2. The van der Waals surface area contributed by atoms with Gasteiger partial charge in [-0.05, 0) is 49.7 Å². The fourth-order valence-corrected chi connectivity index (χ4v) is 5.97. The van der Waals surface area contributed by atoms with E-state index in [1.807, 2.05) is 36.1 Å². The number of hydrogen-bond donors (Lipinski definition) is 3. The highest BCUT2D eigenvalue weighted by atomic mass is 19.1. The fraction of sp³-hybridized carbons (Fsp3) is 0.346. The van der Waals surface area contributed by atoms with Crippen molar-refractivity contribution in [2.75, 3.05) is 5.32 Å². The Kier molecular flexibility index (Phi) is 5.09. The minimum Gasteiger partial charge on any atom is -0.481 e. The first-order chi connectivity index (χ1) is 16.9. The lowest BCUT2D eigenvalue weighted by Crippen LogP contribution is -2.51. The van der Waals surface area contributed by atoms with Gasteiger partial charge in [0.25, 0.3) is 0 Å². The number of hydrogen-bond acceptors (Lipinski definition) is 4. The van der Waals surface area contributed by atoms with Crippen molar-refractivity contribution in [2.45, 2.75) is 31.7 Å². The number of nitrogens with zero attached hydrogens (tertiary/aromatic N) is 3. The third kappa shape index (κ3) is 3.75. The van der Waals surface area contributed by atoms with Crippen molar-refractivity contribution < 1.29 is 18.7 Å². The van der Waals surface area contributed by atoms with Crippen LogP contribution in [-0.4, -0.2) is 36.6 Å². The van der Waals surface area contributed by atoms with Gasteiger partial charge in [-0.3, -0.25) is 4.79 Å². The molecule has 0 saturated heterocycles. The summed E-state index contributed by atoms with van der Waals surface area (Å²) in [6.07, 6.45) is 9.28. The van der Waals surface area contributed by atoms with Crippen LogP contribution in [0, 0.1) is 29.4 Å². The number of aromatic amines is 1. The summed E-state index contributed by atoms with van der Waals surface area (Å²) in [7, 11) is 1.91. The first kappa shape index (κ1) is 21.8. The van der Waals surface area contributed by atoms with Crippen LogP contribution in [0.25, 0.3) is 33.5 Å². The molecule has 0 spiro atoms. The Morgan fingerprint density at radius 3 is 2.63 bits per heavy atom. The van der Waals surface area contributed by atoms with Gasteiger partial charge in [-0.2, -0.15) is 0 Å². The van der Waals surface area contributed by atoms with E-state index in [4.69, 9.17) is 9.97 Å². The van der Waals surface area contributed by atoms with E-state index in [1.165, 1.54) is 6.07 Å². The van der Waals surface area contributed by atoms with Gasteiger partial charge in [0.1, 0.15) is 17.5 Å². The van der Waals surface area contributed by atoms with Gasteiger partial charge in [0, 0.05) is 60.3 Å². The molecule has 4 aromatic rings. The lowest BCUT2D eigenvalue weighted by molar-refractivity contribution is -0.148. The van der Waals surface area contributed by atoms with Gasteiger partial charge in [-0.1, -0.05) is 0 Å². The zero-order valence-electron chi connectivity index (χ0n) is 19.1. The van der Waals surface area contributed by atoms with E-state index in [0.29, 0.717) is 28.3 Å². The molecule has 0 radical (unpaired) electrons. The number of fused-ring (bicyclic) bond motifs is 4. The summed E-state index contributed by atoms with van der Waals surface area (Å²) in [5, 5.41) is 13.8. The number of aliphatic carboxylic acids is 1. The van der Waals surface area contributed by atoms with Gasteiger partial charge in [-0.25, -0.2) is 18.7 Å². The monoisotopic (exact) mass is 477 g/mol. The number of carboxylic acid groups (broad SMARTS) is 1. The molecular formula is C26H25F2N5O2. The van der Waals surface area contributed by atoms with Crippen LogP contribution in [0.5, 0.6) is 0 Å². The first-order valence-electron chi connectivity index (χ1n) is 11.8. The minimum atomic E-state index is -0.781. The van der Waals surface area contributed by atoms with E-state index in [-0.39, 0.29) is 23.4 Å². The summed E-state index contributed by atoms with van der Waals surface area (Å²) in [5.74, 6) is -1.40. The molecule has 3 fully saturated rings. The molecule has 3 heterocycles. The van der Waals surface area contributed by atoms with E-state index in [2.05, 4.69) is 10.3 Å². The minimum absolute atomic E-state index is 0.157. The molecule has 0 amide bonds. The van der Waals surface area contributed by atoms with Crippen LogP contribution < -0.4 is 5.32 Å². The Hall–Kier alpha value is -3.75. The molecule has 2 bridgehead atoms. The van der Waals surface area contributed by atoms with Crippen molar-refractivity contribution in [3.8, 4) is 22.6 Å². The zero-order chi connectivity index (χ0) is 24.3. The highest BCUT2D eigenvalue weighted by Gasteiger charge is 2.47. The molecule has 35 heavy (non-hydrogen) atoms. The Balaban J connectivity index is 1.47. The second kappa shape index (κ2) is 8.18. The summed E-state index contributed by atoms with van der Waals surface area (Å²) < 4.78 is 30.3. The molecule has 3 aliphatic carbocycles. The Bertz CT molecular complexity index is 1440. The predicted octanol–water partition coefficient (Wildman–Crippen LogP) is 5.21. The molecule has 3 aromatic heterocycles. The maximum absolute atomic E-state index is 14.3. The van der Waals surface area contributed by atoms with Crippen molar-refractivity contribution in [3.63, 3.8) is 0 Å². The molecular weight excluding hydrogens is 452 g/mol. The standard InChI is InChI=1S/C26H25F2N5O2/c1-33-7-6-15(12-33)20-10-21(31-23-14-4-2-13(3-5-14)22(23)26(34)35)32-25(30-20)18-11-29-24-17(18)8-16(27)9-19(24)28/h6-14,22-23,29H,2-5H2,1H3,(H,34,35)(H,30,31,32)/t13?,14?,22-,23-/m0/s1. The number of benzene rings is 1. The number of carbonyl (C=O) groups is 1. The number of rotatable bonds is 5. The molecule has 7 rings (SSSR count). The topological polar surface area (TPSA) is 95.8 Å². The molecule has 3 aliphatic rings. The van der Waals surface area contributed by atoms with Gasteiger partial charge in [0.05, 0.1) is 17.1 Å². The quantitative estimate of drug-likeness (QED) is 0.367. The average Bonchev–Trinajstić information content (AvgIpc) is 3.46. The number of aromatic nitrogens is 4. The van der Waals surface area contributed by atoms with Crippen LogP contribution in [0.3, 0.4) is 0 Å². The average molecular weight is 478 g/mol. The van der Waals surface area contributed by atoms with E-state index in [9.17, 15) is 18.7 Å². The summed E-state index contributed by atoms with van der Waals surface area (Å²) in [6.45, 7) is 0. The van der Waals surface area contributed by atoms with Gasteiger partial charge in [0.2, 0.25) is 0 Å². The van der Waals surface area contributed by atoms with Crippen molar-refractivity contribution in [3.05, 3.63) is 54.5 Å². The molecule has 0 aliphatic heterocycles. The van der Waals surface area contributed by atoms with Gasteiger partial charge >= 0.3 is 5.97 Å². The van der Waals surface area contributed by atoms with E-state index < -0.39 is 23.5 Å². The molecule has 9 heteroatoms. The normalized spacial score (nSPS) is 23.6. The fourth-order valence-electron chi connectivity index (χ4n) is 5.97. The molecule has 3 saturated carbocycles. The molecule has 3 N–H and O–H groups in total. The lowest BCUT2D eigenvalue weighted by atomic mass is 9.61. The summed E-state index contributed by atoms with van der Waals surface area (Å²) >= 11 is 0. The predicted molar refractivity (Wildman–Crippen MR) is 128 cm³/mol. The Morgan fingerprint density at radius 1 is 1.14 bits per heavy atom. The van der Waals surface area contributed by atoms with Crippen LogP contribution in [0.2, 0.25) is 0 Å². The summed E-state index contributed by atoms with van der Waals surface area (Å²) in [6, 6.07) is 5.60. The van der Waals surface area contributed by atoms with Gasteiger partial charge in [-0.15, -0.1) is 0 Å². The largest absolute Gasteiger partial charge is 0.481 e. The van der Waals surface area contributed by atoms with E-state index in [1.54, 1.807) is 6.20 Å².